The summed E-state index contributed by atoms with van der Waals surface area (Å²) in [5.74, 6) is -0.386. The van der Waals surface area contributed by atoms with Gasteiger partial charge in [-0.05, 0) is 19.4 Å². The van der Waals surface area contributed by atoms with Crippen LogP contribution >= 0.6 is 0 Å². The van der Waals surface area contributed by atoms with Crippen LogP contribution in [0.5, 0.6) is 0 Å². The molecule has 0 radical (unpaired) electrons. The van der Waals surface area contributed by atoms with Gasteiger partial charge in [-0.1, -0.05) is 6.58 Å². The smallest absolute Gasteiger partial charge is 0.308 e. The topological polar surface area (TPSA) is 46.5 Å². The minimum Gasteiger partial charge on any atom is -0.461 e. The fraction of sp³-hybridized carbons (Fsp3) is 0.625. The van der Waals surface area contributed by atoms with Gasteiger partial charge in [-0.15, -0.1) is 0 Å². The highest BCUT2D eigenvalue weighted by Gasteiger charge is 2.06. The quantitative estimate of drug-likeness (QED) is 0.488. The summed E-state index contributed by atoms with van der Waals surface area (Å²) in [7, 11) is 0. The zero-order chi connectivity index (χ0) is 8.85. The summed E-state index contributed by atoms with van der Waals surface area (Å²) in [5, 5.41) is 8.76. The summed E-state index contributed by atoms with van der Waals surface area (Å²) < 4.78 is 4.72. The molecule has 0 aliphatic heterocycles. The number of rotatable bonds is 4. The number of carbonyl (C=O) groups excluding carboxylic acids is 1. The molecule has 0 spiro atoms. The van der Waals surface area contributed by atoms with E-state index in [-0.39, 0.29) is 19.0 Å². The first-order valence-electron chi connectivity index (χ1n) is 3.50. The maximum Gasteiger partial charge on any atom is 0.308 e. The van der Waals surface area contributed by atoms with E-state index < -0.39 is 6.10 Å². The molecule has 64 valence electrons. The lowest BCUT2D eigenvalue weighted by atomic mass is 10.3. The second-order valence-corrected chi connectivity index (χ2v) is 2.67. The molecule has 0 saturated carbocycles. The monoisotopic (exact) mass is 158 g/mol. The van der Waals surface area contributed by atoms with Crippen LogP contribution in [0.15, 0.2) is 12.2 Å². The zero-order valence-electron chi connectivity index (χ0n) is 6.96. The Bertz CT molecular complexity index is 149. The Morgan fingerprint density at radius 2 is 2.27 bits per heavy atom. The predicted octanol–water partition coefficient (Wildman–Crippen LogP) is 0.877. The van der Waals surface area contributed by atoms with Crippen molar-refractivity contribution < 1.29 is 14.6 Å². The Hall–Kier alpha value is -0.830. The van der Waals surface area contributed by atoms with E-state index in [1.807, 2.05) is 0 Å². The molecular formula is C8H14O3. The van der Waals surface area contributed by atoms with Crippen molar-refractivity contribution in [2.24, 2.45) is 0 Å². The Morgan fingerprint density at radius 1 is 1.73 bits per heavy atom. The summed E-state index contributed by atoms with van der Waals surface area (Å²) in [6.45, 7) is 7.13. The van der Waals surface area contributed by atoms with Gasteiger partial charge in [0.15, 0.2) is 0 Å². The maximum absolute atomic E-state index is 10.7. The lowest BCUT2D eigenvalue weighted by Gasteiger charge is -2.04. The van der Waals surface area contributed by atoms with Gasteiger partial charge in [-0.25, -0.2) is 0 Å². The van der Waals surface area contributed by atoms with Crippen molar-refractivity contribution in [1.82, 2.24) is 0 Å². The second kappa shape index (κ2) is 4.91. The summed E-state index contributed by atoms with van der Waals surface area (Å²) in [6, 6.07) is 0. The molecule has 0 aromatic carbocycles. The molecule has 0 rings (SSSR count). The van der Waals surface area contributed by atoms with E-state index in [0.29, 0.717) is 0 Å². The van der Waals surface area contributed by atoms with Crippen LogP contribution in [-0.2, 0) is 9.53 Å². The average Bonchev–Trinajstić information content (AvgIpc) is 1.82. The predicted molar refractivity (Wildman–Crippen MR) is 42.1 cm³/mol. The zero-order valence-corrected chi connectivity index (χ0v) is 6.96. The standard InChI is InChI=1S/C8H14O3/c1-6(2)5-11-8(10)4-7(3)9/h7,9H,1,4-5H2,2-3H3. The molecule has 0 bridgehead atoms. The highest BCUT2D eigenvalue weighted by Crippen LogP contribution is 1.95. The van der Waals surface area contributed by atoms with Crippen LogP contribution in [-0.4, -0.2) is 23.8 Å². The van der Waals surface area contributed by atoms with Crippen molar-refractivity contribution >= 4 is 5.97 Å². The summed E-state index contributed by atoms with van der Waals surface area (Å²) in [5.41, 5.74) is 0.795. The normalized spacial score (nSPS) is 12.3. The van der Waals surface area contributed by atoms with E-state index in [1.165, 1.54) is 0 Å². The average molecular weight is 158 g/mol. The van der Waals surface area contributed by atoms with Crippen molar-refractivity contribution in [3.63, 3.8) is 0 Å². The first kappa shape index (κ1) is 10.2. The molecule has 3 heteroatoms. The Balaban J connectivity index is 3.45. The molecule has 0 fully saturated rings. The van der Waals surface area contributed by atoms with E-state index in [9.17, 15) is 4.79 Å². The molecule has 3 nitrogen and oxygen atoms in total. The Kier molecular flexibility index (Phi) is 4.54. The highest BCUT2D eigenvalue weighted by molar-refractivity contribution is 5.70. The van der Waals surface area contributed by atoms with Crippen LogP contribution < -0.4 is 0 Å². The molecule has 1 N–H and O–H groups in total. The number of aliphatic hydroxyl groups is 1. The second-order valence-electron chi connectivity index (χ2n) is 2.67. The van der Waals surface area contributed by atoms with Gasteiger partial charge in [0.1, 0.15) is 6.61 Å². The Morgan fingerprint density at radius 3 is 2.64 bits per heavy atom. The minimum absolute atomic E-state index is 0.0489. The number of ether oxygens (including phenoxy) is 1. The fourth-order valence-corrected chi connectivity index (χ4v) is 0.504. The van der Waals surface area contributed by atoms with Gasteiger partial charge in [0.2, 0.25) is 0 Å². The van der Waals surface area contributed by atoms with Crippen molar-refractivity contribution in [3.05, 3.63) is 12.2 Å². The third kappa shape index (κ3) is 7.06. The first-order valence-corrected chi connectivity index (χ1v) is 3.50. The van der Waals surface area contributed by atoms with E-state index >= 15 is 0 Å². The maximum atomic E-state index is 10.7. The molecule has 11 heavy (non-hydrogen) atoms. The third-order valence-electron chi connectivity index (χ3n) is 0.942. The van der Waals surface area contributed by atoms with Crippen LogP contribution in [0, 0.1) is 0 Å². The molecule has 0 aliphatic rings. The molecule has 1 unspecified atom stereocenters. The molecule has 0 aliphatic carbocycles. The third-order valence-corrected chi connectivity index (χ3v) is 0.942. The van der Waals surface area contributed by atoms with Gasteiger partial charge < -0.3 is 9.84 Å². The van der Waals surface area contributed by atoms with Crippen molar-refractivity contribution in [2.45, 2.75) is 26.4 Å². The lowest BCUT2D eigenvalue weighted by molar-refractivity contribution is -0.144. The Labute approximate surface area is 66.7 Å². The van der Waals surface area contributed by atoms with Crippen LogP contribution in [0.4, 0.5) is 0 Å². The van der Waals surface area contributed by atoms with Gasteiger partial charge in [0.05, 0.1) is 12.5 Å². The minimum atomic E-state index is -0.632. The number of hydrogen-bond donors (Lipinski definition) is 1. The summed E-state index contributed by atoms with van der Waals surface area (Å²) in [4.78, 5) is 10.7. The number of hydrogen-bond acceptors (Lipinski definition) is 3. The van der Waals surface area contributed by atoms with Crippen molar-refractivity contribution in [3.8, 4) is 0 Å². The highest BCUT2D eigenvalue weighted by atomic mass is 16.5. The van der Waals surface area contributed by atoms with Gasteiger partial charge in [-0.3, -0.25) is 4.79 Å². The molecule has 0 aromatic heterocycles. The molecule has 0 saturated heterocycles. The van der Waals surface area contributed by atoms with Crippen molar-refractivity contribution in [1.29, 1.82) is 0 Å². The van der Waals surface area contributed by atoms with Crippen LogP contribution in [0.2, 0.25) is 0 Å². The van der Waals surface area contributed by atoms with Crippen LogP contribution in [0.25, 0.3) is 0 Å². The first-order chi connectivity index (χ1) is 5.02. The van der Waals surface area contributed by atoms with E-state index in [1.54, 1.807) is 13.8 Å². The van der Waals surface area contributed by atoms with Crippen molar-refractivity contribution in [2.75, 3.05) is 6.61 Å². The molecular weight excluding hydrogens is 144 g/mol. The molecule has 0 heterocycles. The summed E-state index contributed by atoms with van der Waals surface area (Å²) in [6.07, 6.45) is -0.583. The van der Waals surface area contributed by atoms with Crippen LogP contribution in [0.1, 0.15) is 20.3 Å². The largest absolute Gasteiger partial charge is 0.461 e. The van der Waals surface area contributed by atoms with E-state index in [0.717, 1.165) is 5.57 Å². The summed E-state index contributed by atoms with van der Waals surface area (Å²) >= 11 is 0. The molecule has 0 amide bonds. The molecule has 1 atom stereocenters. The van der Waals surface area contributed by atoms with Gasteiger partial charge >= 0.3 is 5.97 Å². The lowest BCUT2D eigenvalue weighted by Crippen LogP contribution is -2.13. The SMILES string of the molecule is C=C(C)COC(=O)CC(C)O. The van der Waals surface area contributed by atoms with Gasteiger partial charge in [0, 0.05) is 0 Å². The molecule has 0 aromatic rings. The number of aliphatic hydroxyl groups excluding tert-OH is 1. The van der Waals surface area contributed by atoms with Crippen LogP contribution in [0.3, 0.4) is 0 Å². The fourth-order valence-electron chi connectivity index (χ4n) is 0.504. The number of carbonyl (C=O) groups is 1. The van der Waals surface area contributed by atoms with E-state index in [2.05, 4.69) is 6.58 Å². The van der Waals surface area contributed by atoms with E-state index in [4.69, 9.17) is 9.84 Å². The van der Waals surface area contributed by atoms with Gasteiger partial charge in [-0.2, -0.15) is 0 Å². The number of esters is 1. The van der Waals surface area contributed by atoms with Gasteiger partial charge in [0.25, 0.3) is 0 Å².